The molecule has 18 heavy (non-hydrogen) atoms. The van der Waals surface area contributed by atoms with Crippen molar-refractivity contribution in [3.8, 4) is 0 Å². The van der Waals surface area contributed by atoms with Gasteiger partial charge in [0.15, 0.2) is 0 Å². The second-order valence-electron chi connectivity index (χ2n) is 4.72. The van der Waals surface area contributed by atoms with Gasteiger partial charge in [-0.15, -0.1) is 0 Å². The van der Waals surface area contributed by atoms with Gasteiger partial charge in [-0.25, -0.2) is 0 Å². The number of nitrogens with one attached hydrogen (secondary N) is 2. The lowest BCUT2D eigenvalue weighted by Crippen LogP contribution is -2.20. The molecule has 0 bridgehead atoms. The van der Waals surface area contributed by atoms with E-state index in [2.05, 4.69) is 59.2 Å². The highest BCUT2D eigenvalue weighted by Gasteiger charge is 2.12. The van der Waals surface area contributed by atoms with Crippen LogP contribution in [0.1, 0.15) is 0 Å². The van der Waals surface area contributed by atoms with E-state index in [1.54, 1.807) is 0 Å². The second-order valence-corrected chi connectivity index (χ2v) is 4.72. The summed E-state index contributed by atoms with van der Waals surface area (Å²) in [6.45, 7) is 1.98. The van der Waals surface area contributed by atoms with Gasteiger partial charge < -0.3 is 10.6 Å². The van der Waals surface area contributed by atoms with Gasteiger partial charge in [-0.2, -0.15) is 0 Å². The minimum Gasteiger partial charge on any atom is -0.382 e. The van der Waals surface area contributed by atoms with Crippen LogP contribution in [0.3, 0.4) is 0 Å². The van der Waals surface area contributed by atoms with Gasteiger partial charge in [-0.3, -0.25) is 0 Å². The van der Waals surface area contributed by atoms with E-state index in [0.29, 0.717) is 0 Å². The van der Waals surface area contributed by atoms with Crippen LogP contribution in [0.2, 0.25) is 0 Å². The third-order valence-corrected chi connectivity index (χ3v) is 3.67. The largest absolute Gasteiger partial charge is 0.382 e. The van der Waals surface area contributed by atoms with Crippen LogP contribution in [0, 0.1) is 0 Å². The van der Waals surface area contributed by atoms with Crippen molar-refractivity contribution in [1.82, 2.24) is 0 Å². The Labute approximate surface area is 106 Å². The third kappa shape index (κ3) is 1.29. The lowest BCUT2D eigenvalue weighted by atomic mass is 9.99. The molecule has 88 valence electrons. The van der Waals surface area contributed by atoms with E-state index in [4.69, 9.17) is 0 Å². The number of hydrogen-bond donors (Lipinski definition) is 2. The molecule has 0 aliphatic carbocycles. The molecule has 3 aromatic rings. The summed E-state index contributed by atoms with van der Waals surface area (Å²) in [5, 5.41) is 12.2. The summed E-state index contributed by atoms with van der Waals surface area (Å²) in [5.41, 5.74) is 2.45. The molecule has 0 atom stereocenters. The van der Waals surface area contributed by atoms with E-state index in [1.807, 2.05) is 0 Å². The summed E-state index contributed by atoms with van der Waals surface area (Å²) in [5.74, 6) is 0. The van der Waals surface area contributed by atoms with Crippen molar-refractivity contribution < 1.29 is 0 Å². The second kappa shape index (κ2) is 3.64. The molecule has 0 radical (unpaired) electrons. The van der Waals surface area contributed by atoms with Crippen LogP contribution >= 0.6 is 0 Å². The maximum Gasteiger partial charge on any atom is 0.0656 e. The van der Waals surface area contributed by atoms with Gasteiger partial charge in [0, 0.05) is 18.5 Å². The van der Waals surface area contributed by atoms with Crippen LogP contribution in [0.4, 0.5) is 11.4 Å². The van der Waals surface area contributed by atoms with E-state index in [9.17, 15) is 0 Å². The molecule has 2 N–H and O–H groups in total. The lowest BCUT2D eigenvalue weighted by molar-refractivity contribution is 1.05. The average molecular weight is 234 g/mol. The van der Waals surface area contributed by atoms with Crippen LogP contribution in [0.5, 0.6) is 0 Å². The Balaban J connectivity index is 2.15. The number of rotatable bonds is 0. The molecule has 4 rings (SSSR count). The molecule has 0 amide bonds. The van der Waals surface area contributed by atoms with Crippen LogP contribution < -0.4 is 10.6 Å². The minimum atomic E-state index is 0.985. The van der Waals surface area contributed by atoms with Crippen LogP contribution in [0.25, 0.3) is 21.5 Å². The summed E-state index contributed by atoms with van der Waals surface area (Å²) in [6.07, 6.45) is 0. The summed E-state index contributed by atoms with van der Waals surface area (Å²) >= 11 is 0. The van der Waals surface area contributed by atoms with E-state index < -0.39 is 0 Å². The first-order valence-electron chi connectivity index (χ1n) is 6.36. The summed E-state index contributed by atoms with van der Waals surface area (Å²) in [7, 11) is 0. The van der Waals surface area contributed by atoms with Gasteiger partial charge in [0.1, 0.15) is 0 Å². The molecule has 0 saturated carbocycles. The molecule has 0 fully saturated rings. The van der Waals surface area contributed by atoms with Crippen molar-refractivity contribution >= 4 is 32.9 Å². The lowest BCUT2D eigenvalue weighted by Gasteiger charge is -2.22. The fourth-order valence-electron chi connectivity index (χ4n) is 2.81. The molecular weight excluding hydrogens is 220 g/mol. The summed E-state index contributed by atoms with van der Waals surface area (Å²) in [4.78, 5) is 0. The Morgan fingerprint density at radius 3 is 2.50 bits per heavy atom. The predicted molar refractivity (Wildman–Crippen MR) is 78.4 cm³/mol. The van der Waals surface area contributed by atoms with E-state index >= 15 is 0 Å². The van der Waals surface area contributed by atoms with Crippen LogP contribution in [-0.2, 0) is 0 Å². The highest BCUT2D eigenvalue weighted by atomic mass is 15.0. The van der Waals surface area contributed by atoms with Gasteiger partial charge in [-0.1, -0.05) is 42.5 Å². The zero-order valence-electron chi connectivity index (χ0n) is 10.0. The van der Waals surface area contributed by atoms with Crippen molar-refractivity contribution in [2.75, 3.05) is 23.7 Å². The number of fused-ring (bicyclic) bond motifs is 5. The molecule has 3 aromatic carbocycles. The molecule has 2 nitrogen and oxygen atoms in total. The van der Waals surface area contributed by atoms with Gasteiger partial charge in [0.25, 0.3) is 0 Å². The Hall–Kier alpha value is -2.22. The first-order chi connectivity index (χ1) is 8.93. The number of benzene rings is 3. The zero-order chi connectivity index (χ0) is 11.9. The monoisotopic (exact) mass is 234 g/mol. The maximum absolute atomic E-state index is 3.51. The predicted octanol–water partition coefficient (Wildman–Crippen LogP) is 3.83. The highest BCUT2D eigenvalue weighted by molar-refractivity contribution is 6.13. The van der Waals surface area contributed by atoms with Crippen molar-refractivity contribution in [1.29, 1.82) is 0 Å². The summed E-state index contributed by atoms with van der Waals surface area (Å²) in [6, 6.07) is 17.4. The molecule has 2 heteroatoms. The molecule has 1 heterocycles. The van der Waals surface area contributed by atoms with E-state index in [0.717, 1.165) is 13.1 Å². The molecule has 1 aliphatic heterocycles. The minimum absolute atomic E-state index is 0.985. The number of anilines is 2. The Morgan fingerprint density at radius 1 is 0.667 bits per heavy atom. The number of hydrogen-bond acceptors (Lipinski definition) is 2. The van der Waals surface area contributed by atoms with Gasteiger partial charge in [0.2, 0.25) is 0 Å². The van der Waals surface area contributed by atoms with E-state index in [-0.39, 0.29) is 0 Å². The maximum atomic E-state index is 3.51. The Morgan fingerprint density at radius 2 is 1.50 bits per heavy atom. The molecule has 1 aliphatic rings. The first-order valence-corrected chi connectivity index (χ1v) is 6.36. The Kier molecular flexibility index (Phi) is 1.97. The summed E-state index contributed by atoms with van der Waals surface area (Å²) < 4.78 is 0. The molecular formula is C16H14N2. The molecule has 0 aromatic heterocycles. The van der Waals surface area contributed by atoms with Crippen molar-refractivity contribution in [3.05, 3.63) is 48.5 Å². The fraction of sp³-hybridized carbons (Fsp3) is 0.125. The van der Waals surface area contributed by atoms with Gasteiger partial charge >= 0.3 is 0 Å². The highest BCUT2D eigenvalue weighted by Crippen LogP contribution is 2.36. The standard InChI is InChI=1S/C16H14N2/c1-2-4-12-11(3-1)5-6-14-13(12)7-8-15-16(14)18-10-9-17-15/h1-8,17-18H,9-10H2. The normalized spacial score (nSPS) is 14.0. The smallest absolute Gasteiger partial charge is 0.0656 e. The first kappa shape index (κ1) is 9.77. The third-order valence-electron chi connectivity index (χ3n) is 3.67. The van der Waals surface area contributed by atoms with E-state index in [1.165, 1.54) is 32.9 Å². The van der Waals surface area contributed by atoms with Gasteiger partial charge in [-0.05, 0) is 22.2 Å². The van der Waals surface area contributed by atoms with Crippen molar-refractivity contribution in [2.24, 2.45) is 0 Å². The quantitative estimate of drug-likeness (QED) is 0.578. The van der Waals surface area contributed by atoms with Crippen LogP contribution in [0.15, 0.2) is 48.5 Å². The average Bonchev–Trinajstić information content (AvgIpc) is 2.46. The SMILES string of the molecule is c1ccc2c(c1)ccc1c3c(ccc12)NCCN3. The van der Waals surface area contributed by atoms with Crippen molar-refractivity contribution in [2.45, 2.75) is 0 Å². The zero-order valence-corrected chi connectivity index (χ0v) is 10.0. The molecule has 0 saturated heterocycles. The fourth-order valence-corrected chi connectivity index (χ4v) is 2.81. The topological polar surface area (TPSA) is 24.1 Å². The molecule has 0 spiro atoms. The molecule has 0 unspecified atom stereocenters. The van der Waals surface area contributed by atoms with Crippen LogP contribution in [-0.4, -0.2) is 13.1 Å². The Bertz CT molecular complexity index is 747. The van der Waals surface area contributed by atoms with Gasteiger partial charge in [0.05, 0.1) is 11.4 Å². The van der Waals surface area contributed by atoms with Crippen molar-refractivity contribution in [3.63, 3.8) is 0 Å².